The van der Waals surface area contributed by atoms with Gasteiger partial charge in [-0.3, -0.25) is 19.7 Å². The lowest BCUT2D eigenvalue weighted by Crippen LogP contribution is -2.57. The first-order valence-corrected chi connectivity index (χ1v) is 12.7. The highest BCUT2D eigenvalue weighted by Crippen LogP contribution is 2.51. The van der Waals surface area contributed by atoms with E-state index in [0.29, 0.717) is 35.1 Å². The molecule has 9 nitrogen and oxygen atoms in total. The molecule has 3 aromatic rings. The number of hydrogen-bond acceptors (Lipinski definition) is 7. The average Bonchev–Trinajstić information content (AvgIpc) is 3.43. The van der Waals surface area contributed by atoms with Crippen LogP contribution in [0.1, 0.15) is 24.1 Å². The zero-order valence-electron chi connectivity index (χ0n) is 21.9. The second kappa shape index (κ2) is 10.4. The predicted molar refractivity (Wildman–Crippen MR) is 143 cm³/mol. The molecule has 2 fully saturated rings. The number of rotatable bonds is 9. The molecule has 39 heavy (non-hydrogen) atoms. The molecule has 9 heteroatoms. The van der Waals surface area contributed by atoms with Crippen LogP contribution < -0.4 is 24.4 Å². The third kappa shape index (κ3) is 4.38. The molecular weight excluding hydrogens is 500 g/mol. The standard InChI is InChI=1S/C30H30N2O7/c1-4-39-21-13-11-20(12-14-21)32-27(33)24-25(28(32)34)30(29(35)36,17-18-8-6-5-7-9-18)31-26(24)19-10-15-22(37-2)23(16-19)38-3/h5-16,24-26,31H,4,17H2,1-3H3,(H,35,36). The lowest BCUT2D eigenvalue weighted by Gasteiger charge is -2.31. The van der Waals surface area contributed by atoms with Crippen molar-refractivity contribution in [3.05, 3.63) is 83.9 Å². The molecule has 5 rings (SSSR count). The number of carboxylic acids is 1. The molecule has 2 amide bonds. The number of carbonyl (C=O) groups excluding carboxylic acids is 2. The zero-order valence-corrected chi connectivity index (χ0v) is 21.9. The summed E-state index contributed by atoms with van der Waals surface area (Å²) in [5, 5.41) is 13.9. The van der Waals surface area contributed by atoms with E-state index in [1.165, 1.54) is 14.2 Å². The number of benzene rings is 3. The van der Waals surface area contributed by atoms with Crippen molar-refractivity contribution in [3.8, 4) is 17.2 Å². The van der Waals surface area contributed by atoms with E-state index in [1.807, 2.05) is 37.3 Å². The van der Waals surface area contributed by atoms with Crippen LogP contribution in [0.4, 0.5) is 5.69 Å². The molecule has 2 N–H and O–H groups in total. The Kier molecular flexibility index (Phi) is 7.01. The van der Waals surface area contributed by atoms with Crippen LogP contribution in [0.15, 0.2) is 72.8 Å². The Morgan fingerprint density at radius 2 is 1.64 bits per heavy atom. The number of aliphatic carboxylic acids is 1. The van der Waals surface area contributed by atoms with Crippen LogP contribution in [-0.2, 0) is 20.8 Å². The molecule has 2 heterocycles. The number of amides is 2. The van der Waals surface area contributed by atoms with E-state index in [-0.39, 0.29) is 6.42 Å². The summed E-state index contributed by atoms with van der Waals surface area (Å²) < 4.78 is 16.3. The van der Waals surface area contributed by atoms with Gasteiger partial charge in [0.15, 0.2) is 11.5 Å². The molecule has 0 aliphatic carbocycles. The van der Waals surface area contributed by atoms with Gasteiger partial charge in [-0.05, 0) is 54.4 Å². The maximum absolute atomic E-state index is 14.0. The molecule has 2 aliphatic rings. The summed E-state index contributed by atoms with van der Waals surface area (Å²) in [6, 6.07) is 20.2. The van der Waals surface area contributed by atoms with Gasteiger partial charge in [-0.1, -0.05) is 36.4 Å². The van der Waals surface area contributed by atoms with E-state index in [4.69, 9.17) is 14.2 Å². The van der Waals surface area contributed by atoms with Crippen LogP contribution in [0.2, 0.25) is 0 Å². The maximum Gasteiger partial charge on any atom is 0.325 e. The van der Waals surface area contributed by atoms with Gasteiger partial charge in [-0.25, -0.2) is 4.90 Å². The Morgan fingerprint density at radius 1 is 0.949 bits per heavy atom. The summed E-state index contributed by atoms with van der Waals surface area (Å²) >= 11 is 0. The quantitative estimate of drug-likeness (QED) is 0.403. The average molecular weight is 531 g/mol. The Hall–Kier alpha value is -4.37. The van der Waals surface area contributed by atoms with Crippen LogP contribution in [0.5, 0.6) is 17.2 Å². The number of fused-ring (bicyclic) bond motifs is 1. The van der Waals surface area contributed by atoms with Crippen molar-refractivity contribution < 1.29 is 33.7 Å². The highest BCUT2D eigenvalue weighted by atomic mass is 16.5. The van der Waals surface area contributed by atoms with Gasteiger partial charge in [0.1, 0.15) is 11.3 Å². The number of anilines is 1. The van der Waals surface area contributed by atoms with E-state index in [0.717, 1.165) is 10.5 Å². The molecule has 2 saturated heterocycles. The van der Waals surface area contributed by atoms with Crippen molar-refractivity contribution >= 4 is 23.5 Å². The van der Waals surface area contributed by atoms with Crippen molar-refractivity contribution in [1.82, 2.24) is 5.32 Å². The second-order valence-electron chi connectivity index (χ2n) is 9.62. The molecule has 4 unspecified atom stereocenters. The Bertz CT molecular complexity index is 1390. The third-order valence-corrected chi connectivity index (χ3v) is 7.53. The molecule has 0 saturated carbocycles. The lowest BCUT2D eigenvalue weighted by atomic mass is 9.76. The Labute approximate surface area is 226 Å². The molecule has 3 aromatic carbocycles. The second-order valence-corrected chi connectivity index (χ2v) is 9.62. The van der Waals surface area contributed by atoms with Gasteiger partial charge in [-0.15, -0.1) is 0 Å². The van der Waals surface area contributed by atoms with Crippen molar-refractivity contribution in [2.45, 2.75) is 24.9 Å². The van der Waals surface area contributed by atoms with Gasteiger partial charge in [0, 0.05) is 12.5 Å². The van der Waals surface area contributed by atoms with Crippen LogP contribution in [-0.4, -0.2) is 49.3 Å². The molecule has 2 aliphatic heterocycles. The zero-order chi connectivity index (χ0) is 27.7. The molecule has 0 bridgehead atoms. The van der Waals surface area contributed by atoms with Crippen LogP contribution in [0.3, 0.4) is 0 Å². The number of imide groups is 1. The number of nitrogens with zero attached hydrogens (tertiary/aromatic N) is 1. The summed E-state index contributed by atoms with van der Waals surface area (Å²) in [7, 11) is 3.02. The summed E-state index contributed by atoms with van der Waals surface area (Å²) in [6.45, 7) is 2.34. The van der Waals surface area contributed by atoms with Gasteiger partial charge in [0.2, 0.25) is 11.8 Å². The minimum atomic E-state index is -1.73. The fourth-order valence-corrected chi connectivity index (χ4v) is 5.80. The first-order chi connectivity index (χ1) is 18.8. The summed E-state index contributed by atoms with van der Waals surface area (Å²) in [6.07, 6.45) is 0.0181. The molecule has 0 aromatic heterocycles. The summed E-state index contributed by atoms with van der Waals surface area (Å²) in [5.41, 5.74) is -0.00307. The van der Waals surface area contributed by atoms with E-state index < -0.39 is 41.2 Å². The molecule has 0 radical (unpaired) electrons. The number of carboxylic acid groups (broad SMARTS) is 1. The molecule has 4 atom stereocenters. The number of ether oxygens (including phenoxy) is 3. The first-order valence-electron chi connectivity index (χ1n) is 12.7. The molecule has 202 valence electrons. The molecular formula is C30H30N2O7. The largest absolute Gasteiger partial charge is 0.494 e. The number of carbonyl (C=O) groups is 3. The normalized spacial score (nSPS) is 24.0. The number of nitrogens with one attached hydrogen (secondary N) is 1. The van der Waals surface area contributed by atoms with Gasteiger partial charge in [0.25, 0.3) is 0 Å². The smallest absolute Gasteiger partial charge is 0.325 e. The fraction of sp³-hybridized carbons (Fsp3) is 0.300. The van der Waals surface area contributed by atoms with Gasteiger partial charge in [-0.2, -0.15) is 0 Å². The minimum absolute atomic E-state index is 0.0181. The number of methoxy groups -OCH3 is 2. The van der Waals surface area contributed by atoms with Gasteiger partial charge in [0.05, 0.1) is 38.3 Å². The van der Waals surface area contributed by atoms with E-state index >= 15 is 0 Å². The first kappa shape index (κ1) is 26.2. The number of hydrogen-bond donors (Lipinski definition) is 2. The molecule has 0 spiro atoms. The highest BCUT2D eigenvalue weighted by Gasteiger charge is 2.68. The monoisotopic (exact) mass is 530 g/mol. The van der Waals surface area contributed by atoms with Crippen molar-refractivity contribution in [3.63, 3.8) is 0 Å². The summed E-state index contributed by atoms with van der Waals surface area (Å²) in [4.78, 5) is 42.3. The van der Waals surface area contributed by atoms with Gasteiger partial charge >= 0.3 is 5.97 Å². The van der Waals surface area contributed by atoms with Crippen molar-refractivity contribution in [2.24, 2.45) is 11.8 Å². The van der Waals surface area contributed by atoms with E-state index in [2.05, 4.69) is 5.32 Å². The van der Waals surface area contributed by atoms with Crippen molar-refractivity contribution in [2.75, 3.05) is 25.7 Å². The van der Waals surface area contributed by atoms with Crippen LogP contribution in [0.25, 0.3) is 0 Å². The lowest BCUT2D eigenvalue weighted by molar-refractivity contribution is -0.148. The predicted octanol–water partition coefficient (Wildman–Crippen LogP) is 3.62. The maximum atomic E-state index is 14.0. The van der Waals surface area contributed by atoms with Crippen molar-refractivity contribution in [1.29, 1.82) is 0 Å². The van der Waals surface area contributed by atoms with E-state index in [1.54, 1.807) is 42.5 Å². The van der Waals surface area contributed by atoms with Gasteiger partial charge < -0.3 is 19.3 Å². The summed E-state index contributed by atoms with van der Waals surface area (Å²) in [5.74, 6) is -2.78. The topological polar surface area (TPSA) is 114 Å². The highest BCUT2D eigenvalue weighted by molar-refractivity contribution is 6.24. The third-order valence-electron chi connectivity index (χ3n) is 7.53. The van der Waals surface area contributed by atoms with E-state index in [9.17, 15) is 19.5 Å². The van der Waals surface area contributed by atoms with Crippen LogP contribution >= 0.6 is 0 Å². The SMILES string of the molecule is CCOc1ccc(N2C(=O)C3C(c4ccc(OC)c(OC)c4)NC(Cc4ccccc4)(C(=O)O)C3C2=O)cc1. The Balaban J connectivity index is 1.63. The fourth-order valence-electron chi connectivity index (χ4n) is 5.80. The van der Waals surface area contributed by atoms with Crippen LogP contribution in [0, 0.1) is 11.8 Å². The Morgan fingerprint density at radius 3 is 2.26 bits per heavy atom. The minimum Gasteiger partial charge on any atom is -0.494 e.